The molecule has 0 aliphatic carbocycles. The number of carbonyl (C=O) groups is 4. The number of hydroxylamine groups is 2. The first kappa shape index (κ1) is 17.6. The van der Waals surface area contributed by atoms with E-state index < -0.39 is 23.6 Å². The third kappa shape index (κ3) is 3.58. The van der Waals surface area contributed by atoms with Gasteiger partial charge in [0.05, 0.1) is 18.2 Å². The van der Waals surface area contributed by atoms with E-state index in [0.29, 0.717) is 6.54 Å². The predicted molar refractivity (Wildman–Crippen MR) is 84.1 cm³/mol. The van der Waals surface area contributed by atoms with Gasteiger partial charge < -0.3 is 15.5 Å². The zero-order valence-electron chi connectivity index (χ0n) is 13.6. The SMILES string of the molecule is CON(C)CCNC(=O)C(=O)Nc1ccc2c(c1)C(=O)N(C)C2=O. The molecular formula is C15H18N4O5. The van der Waals surface area contributed by atoms with Gasteiger partial charge in [-0.3, -0.25) is 24.1 Å². The van der Waals surface area contributed by atoms with E-state index in [2.05, 4.69) is 10.6 Å². The van der Waals surface area contributed by atoms with Crippen LogP contribution >= 0.6 is 0 Å². The zero-order valence-corrected chi connectivity index (χ0v) is 13.6. The Labute approximate surface area is 138 Å². The molecule has 0 saturated carbocycles. The Hall–Kier alpha value is -2.78. The second kappa shape index (κ2) is 7.20. The fourth-order valence-corrected chi connectivity index (χ4v) is 2.13. The first-order valence-corrected chi connectivity index (χ1v) is 7.16. The van der Waals surface area contributed by atoms with Crippen molar-refractivity contribution in [3.63, 3.8) is 0 Å². The molecule has 1 heterocycles. The van der Waals surface area contributed by atoms with Crippen LogP contribution in [0.1, 0.15) is 20.7 Å². The molecule has 0 spiro atoms. The lowest BCUT2D eigenvalue weighted by Crippen LogP contribution is -2.39. The Kier molecular flexibility index (Phi) is 5.27. The highest BCUT2D eigenvalue weighted by atomic mass is 16.7. The van der Waals surface area contributed by atoms with Gasteiger partial charge in [0.2, 0.25) is 0 Å². The van der Waals surface area contributed by atoms with E-state index in [4.69, 9.17) is 4.84 Å². The van der Waals surface area contributed by atoms with Crippen molar-refractivity contribution in [3.8, 4) is 0 Å². The summed E-state index contributed by atoms with van der Waals surface area (Å²) in [5, 5.41) is 6.33. The smallest absolute Gasteiger partial charge is 0.313 e. The van der Waals surface area contributed by atoms with Gasteiger partial charge in [-0.25, -0.2) is 0 Å². The molecule has 1 aromatic carbocycles. The van der Waals surface area contributed by atoms with E-state index in [0.717, 1.165) is 4.90 Å². The van der Waals surface area contributed by atoms with Gasteiger partial charge >= 0.3 is 11.8 Å². The van der Waals surface area contributed by atoms with Gasteiger partial charge in [0.25, 0.3) is 11.8 Å². The van der Waals surface area contributed by atoms with E-state index in [1.165, 1.54) is 37.4 Å². The summed E-state index contributed by atoms with van der Waals surface area (Å²) in [4.78, 5) is 53.1. The molecule has 0 atom stereocenters. The highest BCUT2D eigenvalue weighted by Gasteiger charge is 2.32. The average molecular weight is 334 g/mol. The number of anilines is 1. The van der Waals surface area contributed by atoms with Crippen LogP contribution in [0.4, 0.5) is 5.69 Å². The summed E-state index contributed by atoms with van der Waals surface area (Å²) in [6.07, 6.45) is 0. The van der Waals surface area contributed by atoms with Crippen LogP contribution in [-0.4, -0.2) is 67.9 Å². The Balaban J connectivity index is 1.97. The number of fused-ring (bicyclic) bond motifs is 1. The Morgan fingerprint density at radius 1 is 1.17 bits per heavy atom. The molecule has 9 heteroatoms. The summed E-state index contributed by atoms with van der Waals surface area (Å²) >= 11 is 0. The van der Waals surface area contributed by atoms with Gasteiger partial charge in [-0.15, -0.1) is 0 Å². The number of nitrogens with one attached hydrogen (secondary N) is 2. The lowest BCUT2D eigenvalue weighted by molar-refractivity contribution is -0.137. The van der Waals surface area contributed by atoms with Gasteiger partial charge in [0, 0.05) is 32.9 Å². The maximum Gasteiger partial charge on any atom is 0.313 e. The van der Waals surface area contributed by atoms with Crippen LogP contribution in [-0.2, 0) is 14.4 Å². The zero-order chi connectivity index (χ0) is 17.9. The number of nitrogens with zero attached hydrogens (tertiary/aromatic N) is 2. The number of likely N-dealkylation sites (N-methyl/N-ethyl adjacent to an activating group) is 1. The molecule has 24 heavy (non-hydrogen) atoms. The number of rotatable bonds is 5. The summed E-state index contributed by atoms with van der Waals surface area (Å²) < 4.78 is 0. The summed E-state index contributed by atoms with van der Waals surface area (Å²) in [6.45, 7) is 0.649. The molecule has 0 aromatic heterocycles. The van der Waals surface area contributed by atoms with Crippen LogP contribution in [0, 0.1) is 0 Å². The van der Waals surface area contributed by atoms with E-state index in [1.54, 1.807) is 7.05 Å². The molecule has 0 fully saturated rings. The lowest BCUT2D eigenvalue weighted by atomic mass is 10.1. The van der Waals surface area contributed by atoms with Gasteiger partial charge in [0.1, 0.15) is 0 Å². The largest absolute Gasteiger partial charge is 0.346 e. The normalized spacial score (nSPS) is 13.2. The molecular weight excluding hydrogens is 316 g/mol. The van der Waals surface area contributed by atoms with Gasteiger partial charge in [0.15, 0.2) is 0 Å². The fourth-order valence-electron chi connectivity index (χ4n) is 2.13. The minimum absolute atomic E-state index is 0.197. The van der Waals surface area contributed by atoms with Crippen molar-refractivity contribution in [2.45, 2.75) is 0 Å². The first-order chi connectivity index (χ1) is 11.3. The molecule has 0 unspecified atom stereocenters. The molecule has 0 radical (unpaired) electrons. The summed E-state index contributed by atoms with van der Waals surface area (Å²) in [5.41, 5.74) is 0.731. The number of benzene rings is 1. The number of amides is 4. The van der Waals surface area contributed by atoms with Crippen LogP contribution in [0.3, 0.4) is 0 Å². The van der Waals surface area contributed by atoms with Crippen LogP contribution in [0.5, 0.6) is 0 Å². The molecule has 2 rings (SSSR count). The van der Waals surface area contributed by atoms with Crippen molar-refractivity contribution >= 4 is 29.3 Å². The highest BCUT2D eigenvalue weighted by Crippen LogP contribution is 2.24. The van der Waals surface area contributed by atoms with Crippen molar-refractivity contribution in [1.29, 1.82) is 0 Å². The summed E-state index contributed by atoms with van der Waals surface area (Å²) in [6, 6.07) is 4.29. The molecule has 2 N–H and O–H groups in total. The Morgan fingerprint density at radius 3 is 2.50 bits per heavy atom. The van der Waals surface area contributed by atoms with Crippen LogP contribution in [0.2, 0.25) is 0 Å². The number of hydrogen-bond donors (Lipinski definition) is 2. The fraction of sp³-hybridized carbons (Fsp3) is 0.333. The number of imide groups is 1. The van der Waals surface area contributed by atoms with E-state index in [1.807, 2.05) is 0 Å². The second-order valence-corrected chi connectivity index (χ2v) is 5.17. The molecule has 1 aliphatic heterocycles. The number of carbonyl (C=O) groups excluding carboxylic acids is 4. The summed E-state index contributed by atoms with van der Waals surface area (Å²) in [7, 11) is 4.56. The molecule has 1 aliphatic rings. The van der Waals surface area contributed by atoms with Crippen molar-refractivity contribution < 1.29 is 24.0 Å². The third-order valence-corrected chi connectivity index (χ3v) is 3.58. The van der Waals surface area contributed by atoms with E-state index in [-0.39, 0.29) is 23.4 Å². The highest BCUT2D eigenvalue weighted by molar-refractivity contribution is 6.39. The van der Waals surface area contributed by atoms with Gasteiger partial charge in [-0.2, -0.15) is 5.06 Å². The molecule has 0 saturated heterocycles. The monoisotopic (exact) mass is 334 g/mol. The lowest BCUT2D eigenvalue weighted by Gasteiger charge is -2.13. The van der Waals surface area contributed by atoms with E-state index in [9.17, 15) is 19.2 Å². The first-order valence-electron chi connectivity index (χ1n) is 7.16. The van der Waals surface area contributed by atoms with Gasteiger partial charge in [-0.1, -0.05) is 0 Å². The van der Waals surface area contributed by atoms with Crippen molar-refractivity contribution in [2.24, 2.45) is 0 Å². The van der Waals surface area contributed by atoms with E-state index >= 15 is 0 Å². The van der Waals surface area contributed by atoms with Crippen molar-refractivity contribution in [3.05, 3.63) is 29.3 Å². The minimum atomic E-state index is -0.861. The average Bonchev–Trinajstić information content (AvgIpc) is 2.78. The van der Waals surface area contributed by atoms with Crippen molar-refractivity contribution in [1.82, 2.24) is 15.3 Å². The molecule has 9 nitrogen and oxygen atoms in total. The standard InChI is InChI=1S/C15H18N4O5/c1-18(24-3)7-6-16-12(20)13(21)17-9-4-5-10-11(8-9)15(23)19(2)14(10)22/h4-5,8H,6-7H2,1-3H3,(H,16,20)(H,17,21). The van der Waals surface area contributed by atoms with Crippen LogP contribution in [0.15, 0.2) is 18.2 Å². The van der Waals surface area contributed by atoms with Crippen molar-refractivity contribution in [2.75, 3.05) is 39.6 Å². The maximum atomic E-state index is 11.9. The minimum Gasteiger partial charge on any atom is -0.346 e. The molecule has 4 amide bonds. The Morgan fingerprint density at radius 2 is 1.83 bits per heavy atom. The Bertz CT molecular complexity index is 703. The van der Waals surface area contributed by atoms with Crippen LogP contribution in [0.25, 0.3) is 0 Å². The molecule has 1 aromatic rings. The maximum absolute atomic E-state index is 11.9. The third-order valence-electron chi connectivity index (χ3n) is 3.58. The molecule has 128 valence electrons. The predicted octanol–water partition coefficient (Wildman–Crippen LogP) is -0.540. The van der Waals surface area contributed by atoms with Crippen LogP contribution < -0.4 is 10.6 Å². The summed E-state index contributed by atoms with van der Waals surface area (Å²) in [5.74, 6) is -2.51. The van der Waals surface area contributed by atoms with Gasteiger partial charge in [-0.05, 0) is 18.2 Å². The molecule has 0 bridgehead atoms. The second-order valence-electron chi connectivity index (χ2n) is 5.17. The topological polar surface area (TPSA) is 108 Å². The quantitative estimate of drug-likeness (QED) is 0.425. The number of hydrogen-bond acceptors (Lipinski definition) is 6.